The van der Waals surface area contributed by atoms with E-state index in [4.69, 9.17) is 4.42 Å². The maximum atomic E-state index is 6.66. The van der Waals surface area contributed by atoms with Gasteiger partial charge in [-0.2, -0.15) is 0 Å². The van der Waals surface area contributed by atoms with E-state index in [0.29, 0.717) is 0 Å². The minimum absolute atomic E-state index is 0.113. The van der Waals surface area contributed by atoms with Gasteiger partial charge in [0.25, 0.3) is 0 Å². The van der Waals surface area contributed by atoms with Gasteiger partial charge in [-0.25, -0.2) is 0 Å². The average molecular weight is 628 g/mol. The van der Waals surface area contributed by atoms with Crippen LogP contribution in [0, 0.1) is 0 Å². The summed E-state index contributed by atoms with van der Waals surface area (Å²) in [6, 6.07) is 59.3. The van der Waals surface area contributed by atoms with Crippen LogP contribution < -0.4 is 4.90 Å². The minimum Gasteiger partial charge on any atom is -0.454 e. The number of benzene rings is 8. The molecule has 1 aliphatic carbocycles. The molecule has 0 unspecified atom stereocenters. The molecule has 9 aromatic rings. The molecule has 0 saturated carbocycles. The van der Waals surface area contributed by atoms with E-state index in [-0.39, 0.29) is 5.41 Å². The molecule has 1 heterocycles. The molecule has 49 heavy (non-hydrogen) atoms. The first-order valence-corrected chi connectivity index (χ1v) is 17.0. The van der Waals surface area contributed by atoms with Gasteiger partial charge < -0.3 is 9.32 Å². The Morgan fingerprint density at radius 3 is 2.08 bits per heavy atom. The maximum Gasteiger partial charge on any atom is 0.159 e. The highest BCUT2D eigenvalue weighted by Gasteiger charge is 2.36. The molecule has 0 aliphatic heterocycles. The summed E-state index contributed by atoms with van der Waals surface area (Å²) >= 11 is 0. The monoisotopic (exact) mass is 627 g/mol. The van der Waals surface area contributed by atoms with Gasteiger partial charge in [-0.15, -0.1) is 0 Å². The van der Waals surface area contributed by atoms with Crippen molar-refractivity contribution in [1.29, 1.82) is 0 Å². The Morgan fingerprint density at radius 1 is 0.469 bits per heavy atom. The van der Waals surface area contributed by atoms with Crippen molar-refractivity contribution < 1.29 is 4.42 Å². The molecule has 232 valence electrons. The zero-order valence-electron chi connectivity index (χ0n) is 27.4. The highest BCUT2D eigenvalue weighted by molar-refractivity contribution is 6.11. The molecule has 1 aliphatic rings. The number of nitrogens with zero attached hydrogens (tertiary/aromatic N) is 1. The van der Waals surface area contributed by atoms with Crippen molar-refractivity contribution in [3.05, 3.63) is 175 Å². The zero-order valence-corrected chi connectivity index (χ0v) is 27.4. The number of anilines is 3. The van der Waals surface area contributed by atoms with Crippen LogP contribution in [0.25, 0.3) is 65.7 Å². The van der Waals surface area contributed by atoms with Crippen LogP contribution in [0.1, 0.15) is 25.0 Å². The maximum absolute atomic E-state index is 6.66. The van der Waals surface area contributed by atoms with Crippen molar-refractivity contribution >= 4 is 60.5 Å². The summed E-state index contributed by atoms with van der Waals surface area (Å²) in [4.78, 5) is 2.38. The number of hydrogen-bond donors (Lipinski definition) is 0. The fourth-order valence-corrected chi connectivity index (χ4v) is 8.22. The number of hydrogen-bond acceptors (Lipinski definition) is 2. The van der Waals surface area contributed by atoms with Gasteiger partial charge in [0.15, 0.2) is 5.58 Å². The largest absolute Gasteiger partial charge is 0.454 e. The van der Waals surface area contributed by atoms with Crippen LogP contribution in [-0.4, -0.2) is 0 Å². The molecule has 2 heteroatoms. The normalized spacial score (nSPS) is 13.3. The summed E-state index contributed by atoms with van der Waals surface area (Å²) in [6.45, 7) is 4.74. The Balaban J connectivity index is 1.23. The fourth-order valence-electron chi connectivity index (χ4n) is 8.22. The van der Waals surface area contributed by atoms with Gasteiger partial charge in [0.1, 0.15) is 5.58 Å². The number of furan rings is 1. The van der Waals surface area contributed by atoms with E-state index >= 15 is 0 Å². The predicted molar refractivity (Wildman–Crippen MR) is 206 cm³/mol. The van der Waals surface area contributed by atoms with Crippen LogP contribution in [0.5, 0.6) is 0 Å². The first-order valence-electron chi connectivity index (χ1n) is 17.0. The number of rotatable bonds is 4. The molecule has 1 aromatic heterocycles. The molecule has 0 bridgehead atoms. The van der Waals surface area contributed by atoms with Crippen LogP contribution >= 0.6 is 0 Å². The third-order valence-electron chi connectivity index (χ3n) is 10.6. The van der Waals surface area contributed by atoms with Crippen LogP contribution in [-0.2, 0) is 5.41 Å². The summed E-state index contributed by atoms with van der Waals surface area (Å²) in [5.41, 5.74) is 12.7. The standard InChI is InChI=1S/C47H33NO/c1-47(2)40-26-24-31-15-6-7-17-36(31)45(40)39-28-32-23-25-34(27-33(32)29-41(39)47)48(42-20-10-8-16-35(42)30-13-4-3-5-14-30)43-21-12-19-38-37-18-9-11-22-44(37)49-46(38)43/h3-29H,1-2H3. The van der Waals surface area contributed by atoms with E-state index < -0.39 is 0 Å². The third kappa shape index (κ3) is 4.14. The molecule has 0 spiro atoms. The first kappa shape index (κ1) is 27.9. The molecule has 0 fully saturated rings. The van der Waals surface area contributed by atoms with Gasteiger partial charge >= 0.3 is 0 Å². The molecular formula is C47H33NO. The van der Waals surface area contributed by atoms with Crippen molar-refractivity contribution in [1.82, 2.24) is 0 Å². The van der Waals surface area contributed by atoms with Crippen molar-refractivity contribution in [2.75, 3.05) is 4.90 Å². The van der Waals surface area contributed by atoms with E-state index in [1.807, 2.05) is 6.07 Å². The molecule has 10 rings (SSSR count). The summed E-state index contributed by atoms with van der Waals surface area (Å²) in [6.07, 6.45) is 0. The van der Waals surface area contributed by atoms with E-state index in [0.717, 1.165) is 44.6 Å². The molecule has 0 radical (unpaired) electrons. The lowest BCUT2D eigenvalue weighted by Crippen LogP contribution is -2.15. The zero-order chi connectivity index (χ0) is 32.7. The van der Waals surface area contributed by atoms with Crippen LogP contribution in [0.3, 0.4) is 0 Å². The predicted octanol–water partition coefficient (Wildman–Crippen LogP) is 13.3. The number of fused-ring (bicyclic) bond motifs is 9. The molecular weight excluding hydrogens is 595 g/mol. The molecule has 0 saturated heterocycles. The molecule has 0 amide bonds. The quantitative estimate of drug-likeness (QED) is 0.193. The van der Waals surface area contributed by atoms with Gasteiger partial charge in [0, 0.05) is 27.4 Å². The van der Waals surface area contributed by atoms with E-state index in [2.05, 4.69) is 176 Å². The fraction of sp³-hybridized carbons (Fsp3) is 0.0638. The van der Waals surface area contributed by atoms with E-state index in [1.54, 1.807) is 0 Å². The van der Waals surface area contributed by atoms with E-state index in [1.165, 1.54) is 49.4 Å². The van der Waals surface area contributed by atoms with Gasteiger partial charge in [0.05, 0.1) is 11.4 Å². The molecule has 0 atom stereocenters. The van der Waals surface area contributed by atoms with Gasteiger partial charge in [0.2, 0.25) is 0 Å². The van der Waals surface area contributed by atoms with Crippen molar-refractivity contribution in [2.24, 2.45) is 0 Å². The highest BCUT2D eigenvalue weighted by Crippen LogP contribution is 2.53. The van der Waals surface area contributed by atoms with Crippen LogP contribution in [0.2, 0.25) is 0 Å². The minimum atomic E-state index is -0.113. The molecule has 0 N–H and O–H groups in total. The second-order valence-corrected chi connectivity index (χ2v) is 13.7. The second kappa shape index (κ2) is 10.4. The van der Waals surface area contributed by atoms with E-state index in [9.17, 15) is 0 Å². The van der Waals surface area contributed by atoms with Crippen LogP contribution in [0.4, 0.5) is 17.1 Å². The van der Waals surface area contributed by atoms with Crippen molar-refractivity contribution in [2.45, 2.75) is 19.3 Å². The van der Waals surface area contributed by atoms with Crippen molar-refractivity contribution in [3.63, 3.8) is 0 Å². The Morgan fingerprint density at radius 2 is 1.18 bits per heavy atom. The van der Waals surface area contributed by atoms with Crippen LogP contribution in [0.15, 0.2) is 168 Å². The Hall–Kier alpha value is -6.12. The molecule has 2 nitrogen and oxygen atoms in total. The summed E-state index contributed by atoms with van der Waals surface area (Å²) in [5, 5.41) is 7.30. The Kier molecular flexibility index (Phi) is 5.95. The number of para-hydroxylation sites is 3. The summed E-state index contributed by atoms with van der Waals surface area (Å²) < 4.78 is 6.66. The summed E-state index contributed by atoms with van der Waals surface area (Å²) in [5.74, 6) is 0. The Bertz CT molecular complexity index is 2750. The summed E-state index contributed by atoms with van der Waals surface area (Å²) in [7, 11) is 0. The topological polar surface area (TPSA) is 16.4 Å². The highest BCUT2D eigenvalue weighted by atomic mass is 16.3. The third-order valence-corrected chi connectivity index (χ3v) is 10.6. The lowest BCUT2D eigenvalue weighted by atomic mass is 9.81. The SMILES string of the molecule is CC1(C)c2cc3cc(N(c4ccccc4-c4ccccc4)c4cccc5c4oc4ccccc45)ccc3cc2-c2c1ccc1ccccc21. The van der Waals surface area contributed by atoms with Gasteiger partial charge in [-0.05, 0) is 91.8 Å². The molecule has 8 aromatic carbocycles. The first-order chi connectivity index (χ1) is 24.1. The lowest BCUT2D eigenvalue weighted by molar-refractivity contribution is 0.661. The van der Waals surface area contributed by atoms with Gasteiger partial charge in [-0.1, -0.05) is 135 Å². The average Bonchev–Trinajstić information content (AvgIpc) is 3.64. The van der Waals surface area contributed by atoms with Crippen molar-refractivity contribution in [3.8, 4) is 22.3 Å². The van der Waals surface area contributed by atoms with Gasteiger partial charge in [-0.3, -0.25) is 0 Å². The Labute approximate surface area is 285 Å². The lowest BCUT2D eigenvalue weighted by Gasteiger charge is -2.28. The smallest absolute Gasteiger partial charge is 0.159 e. The second-order valence-electron chi connectivity index (χ2n) is 13.7.